The third-order valence-corrected chi connectivity index (χ3v) is 5.46. The molecule has 2 N–H and O–H groups in total. The smallest absolute Gasteiger partial charge is 0.232 e. The molecule has 0 aliphatic rings. The maximum Gasteiger partial charge on any atom is 0.232 e. The largest absolute Gasteiger partial charge is 0.493 e. The van der Waals surface area contributed by atoms with Gasteiger partial charge >= 0.3 is 0 Å². The van der Waals surface area contributed by atoms with Gasteiger partial charge in [0, 0.05) is 11.5 Å². The molecular formula is C25H22N4O. The fourth-order valence-electron chi connectivity index (χ4n) is 4.03. The molecule has 5 aromatic rings. The van der Waals surface area contributed by atoms with E-state index in [1.807, 2.05) is 68.4 Å². The van der Waals surface area contributed by atoms with Crippen LogP contribution in [-0.2, 0) is 0 Å². The SMILES string of the molecule is Cc1ccc2[nH]c(-n3nc(C)c(C(c4ccccc4)c4ccccc4)c3O)nc2c1. The highest BCUT2D eigenvalue weighted by molar-refractivity contribution is 5.77. The number of aromatic hydroxyl groups is 1. The van der Waals surface area contributed by atoms with E-state index in [0.717, 1.165) is 39.0 Å². The summed E-state index contributed by atoms with van der Waals surface area (Å²) in [6.07, 6.45) is 0. The summed E-state index contributed by atoms with van der Waals surface area (Å²) >= 11 is 0. The highest BCUT2D eigenvalue weighted by Crippen LogP contribution is 2.39. The Morgan fingerprint density at radius 1 is 0.867 bits per heavy atom. The molecule has 2 aromatic heterocycles. The van der Waals surface area contributed by atoms with Gasteiger partial charge in [0.25, 0.3) is 0 Å². The number of fused-ring (bicyclic) bond motifs is 1. The van der Waals surface area contributed by atoms with Crippen LogP contribution in [0.4, 0.5) is 0 Å². The van der Waals surface area contributed by atoms with Crippen molar-refractivity contribution in [3.05, 3.63) is 107 Å². The highest BCUT2D eigenvalue weighted by atomic mass is 16.3. The van der Waals surface area contributed by atoms with Crippen molar-refractivity contribution in [1.29, 1.82) is 0 Å². The molecule has 0 saturated carbocycles. The Morgan fingerprint density at radius 2 is 1.50 bits per heavy atom. The van der Waals surface area contributed by atoms with E-state index in [9.17, 15) is 5.11 Å². The predicted molar refractivity (Wildman–Crippen MR) is 118 cm³/mol. The summed E-state index contributed by atoms with van der Waals surface area (Å²) in [7, 11) is 0. The van der Waals surface area contributed by atoms with Gasteiger partial charge in [-0.25, -0.2) is 4.98 Å². The second-order valence-electron chi connectivity index (χ2n) is 7.57. The van der Waals surface area contributed by atoms with E-state index in [2.05, 4.69) is 39.3 Å². The van der Waals surface area contributed by atoms with Crippen LogP contribution in [-0.4, -0.2) is 24.9 Å². The molecule has 2 heterocycles. The van der Waals surface area contributed by atoms with Crippen LogP contribution in [0, 0.1) is 13.8 Å². The average molecular weight is 394 g/mol. The van der Waals surface area contributed by atoms with Crippen LogP contribution in [0.1, 0.15) is 33.9 Å². The van der Waals surface area contributed by atoms with Crippen molar-refractivity contribution in [1.82, 2.24) is 19.7 Å². The van der Waals surface area contributed by atoms with Gasteiger partial charge in [-0.3, -0.25) is 0 Å². The molecule has 30 heavy (non-hydrogen) atoms. The number of aryl methyl sites for hydroxylation is 2. The first-order chi connectivity index (χ1) is 14.6. The molecule has 0 amide bonds. The first-order valence-corrected chi connectivity index (χ1v) is 9.97. The van der Waals surface area contributed by atoms with Gasteiger partial charge in [0.05, 0.1) is 16.7 Å². The van der Waals surface area contributed by atoms with Crippen molar-refractivity contribution in [2.75, 3.05) is 0 Å². The van der Waals surface area contributed by atoms with Crippen LogP contribution in [0.15, 0.2) is 78.9 Å². The van der Waals surface area contributed by atoms with E-state index in [1.165, 1.54) is 4.68 Å². The van der Waals surface area contributed by atoms with E-state index >= 15 is 0 Å². The lowest BCUT2D eigenvalue weighted by molar-refractivity contribution is 0.424. The molecule has 5 nitrogen and oxygen atoms in total. The number of aromatic amines is 1. The van der Waals surface area contributed by atoms with Gasteiger partial charge in [0.15, 0.2) is 0 Å². The summed E-state index contributed by atoms with van der Waals surface area (Å²) in [5.41, 5.74) is 6.64. The van der Waals surface area contributed by atoms with Gasteiger partial charge in [-0.2, -0.15) is 9.78 Å². The van der Waals surface area contributed by atoms with Crippen molar-refractivity contribution in [2.24, 2.45) is 0 Å². The minimum Gasteiger partial charge on any atom is -0.493 e. The number of H-pyrrole nitrogens is 1. The third-order valence-electron chi connectivity index (χ3n) is 5.46. The maximum atomic E-state index is 11.3. The summed E-state index contributed by atoms with van der Waals surface area (Å²) < 4.78 is 1.50. The number of benzene rings is 3. The van der Waals surface area contributed by atoms with Crippen LogP contribution in [0.25, 0.3) is 17.0 Å². The molecule has 0 unspecified atom stereocenters. The summed E-state index contributed by atoms with van der Waals surface area (Å²) in [5.74, 6) is 0.469. The fourth-order valence-corrected chi connectivity index (χ4v) is 4.03. The van der Waals surface area contributed by atoms with Crippen LogP contribution < -0.4 is 0 Å². The van der Waals surface area contributed by atoms with E-state index in [0.29, 0.717) is 5.95 Å². The normalized spacial score (nSPS) is 11.4. The molecule has 0 saturated heterocycles. The number of nitrogens with one attached hydrogen (secondary N) is 1. The van der Waals surface area contributed by atoms with Crippen molar-refractivity contribution >= 4 is 11.0 Å². The van der Waals surface area contributed by atoms with Crippen LogP contribution in [0.3, 0.4) is 0 Å². The lowest BCUT2D eigenvalue weighted by Crippen LogP contribution is -2.04. The number of nitrogens with zero attached hydrogens (tertiary/aromatic N) is 3. The molecule has 0 atom stereocenters. The maximum absolute atomic E-state index is 11.3. The molecule has 0 radical (unpaired) electrons. The standard InChI is InChI=1S/C25H22N4O/c1-16-13-14-20-21(15-16)27-25(26-20)29-24(30)22(17(2)28-29)23(18-9-5-3-6-10-18)19-11-7-4-8-12-19/h3-15,23,30H,1-2H3,(H,26,27). The van der Waals surface area contributed by atoms with Crippen molar-refractivity contribution in [3.63, 3.8) is 0 Å². The Kier molecular flexibility index (Phi) is 4.36. The number of rotatable bonds is 4. The fraction of sp³-hybridized carbons (Fsp3) is 0.120. The van der Waals surface area contributed by atoms with Crippen LogP contribution in [0.2, 0.25) is 0 Å². The van der Waals surface area contributed by atoms with Gasteiger partial charge in [-0.05, 0) is 42.7 Å². The van der Waals surface area contributed by atoms with Gasteiger partial charge in [-0.1, -0.05) is 66.7 Å². The summed E-state index contributed by atoms with van der Waals surface area (Å²) in [6.45, 7) is 3.96. The van der Waals surface area contributed by atoms with Gasteiger partial charge in [-0.15, -0.1) is 0 Å². The lowest BCUT2D eigenvalue weighted by Gasteiger charge is -2.18. The van der Waals surface area contributed by atoms with E-state index in [-0.39, 0.29) is 11.8 Å². The van der Waals surface area contributed by atoms with E-state index in [1.54, 1.807) is 0 Å². The van der Waals surface area contributed by atoms with Crippen molar-refractivity contribution in [2.45, 2.75) is 19.8 Å². The Bertz CT molecular complexity index is 1280. The molecule has 0 spiro atoms. The molecule has 148 valence electrons. The first kappa shape index (κ1) is 18.2. The Balaban J connectivity index is 1.69. The third kappa shape index (κ3) is 3.05. The zero-order chi connectivity index (χ0) is 20.7. The molecule has 3 aromatic carbocycles. The number of hydrogen-bond acceptors (Lipinski definition) is 3. The Hall–Kier alpha value is -3.86. The van der Waals surface area contributed by atoms with Crippen LogP contribution in [0.5, 0.6) is 5.88 Å². The topological polar surface area (TPSA) is 66.7 Å². The summed E-state index contributed by atoms with van der Waals surface area (Å²) in [5, 5.41) is 15.9. The zero-order valence-electron chi connectivity index (χ0n) is 16.9. The lowest BCUT2D eigenvalue weighted by atomic mass is 9.85. The quantitative estimate of drug-likeness (QED) is 0.437. The predicted octanol–water partition coefficient (Wildman–Crippen LogP) is 5.25. The van der Waals surface area contributed by atoms with Crippen LogP contribution >= 0.6 is 0 Å². The van der Waals surface area contributed by atoms with E-state index in [4.69, 9.17) is 0 Å². The number of hydrogen-bond donors (Lipinski definition) is 2. The molecular weight excluding hydrogens is 372 g/mol. The Labute approximate surface area is 174 Å². The van der Waals surface area contributed by atoms with Crippen molar-refractivity contribution < 1.29 is 5.11 Å². The van der Waals surface area contributed by atoms with E-state index < -0.39 is 0 Å². The zero-order valence-corrected chi connectivity index (χ0v) is 16.9. The molecule has 0 fully saturated rings. The molecule has 0 aliphatic carbocycles. The minimum absolute atomic E-state index is 0.0981. The van der Waals surface area contributed by atoms with Crippen molar-refractivity contribution in [3.8, 4) is 11.8 Å². The monoisotopic (exact) mass is 394 g/mol. The average Bonchev–Trinajstić information content (AvgIpc) is 3.31. The number of aromatic nitrogens is 4. The second kappa shape index (κ2) is 7.19. The molecule has 0 bridgehead atoms. The summed E-state index contributed by atoms with van der Waals surface area (Å²) in [6, 6.07) is 26.4. The molecule has 5 heteroatoms. The molecule has 5 rings (SSSR count). The molecule has 0 aliphatic heterocycles. The van der Waals surface area contributed by atoms with Gasteiger partial charge in [0.1, 0.15) is 0 Å². The van der Waals surface area contributed by atoms with Gasteiger partial charge < -0.3 is 10.1 Å². The van der Waals surface area contributed by atoms with Gasteiger partial charge in [0.2, 0.25) is 11.8 Å². The number of imidazole rings is 1. The second-order valence-corrected chi connectivity index (χ2v) is 7.57. The Morgan fingerprint density at radius 3 is 2.13 bits per heavy atom. The minimum atomic E-state index is -0.132. The highest BCUT2D eigenvalue weighted by Gasteiger charge is 2.27. The summed E-state index contributed by atoms with van der Waals surface area (Å²) in [4.78, 5) is 7.92. The first-order valence-electron chi connectivity index (χ1n) is 9.97.